The summed E-state index contributed by atoms with van der Waals surface area (Å²) in [6, 6.07) is 0. The van der Waals surface area contributed by atoms with Crippen LogP contribution in [0.2, 0.25) is 0 Å². The van der Waals surface area contributed by atoms with E-state index in [1.54, 1.807) is 0 Å². The third-order valence-electron chi connectivity index (χ3n) is 4.86. The Labute approximate surface area is 222 Å². The molecule has 0 saturated carbocycles. The molecule has 6 nitrogen and oxygen atoms in total. The molecule has 4 atom stereocenters. The van der Waals surface area contributed by atoms with Gasteiger partial charge in [-0.15, -0.1) is 0 Å². The Balaban J connectivity index is 7.36. The SMILES string of the molecule is CC(C)(C)OC(C(=O)C(C)(C)C)C(OC(C)(C)C)C(OC(C)(C)C)C(OC(C)(C)C)C(=O)C(C)(C)C. The summed E-state index contributed by atoms with van der Waals surface area (Å²) < 4.78 is 26.2. The summed E-state index contributed by atoms with van der Waals surface area (Å²) in [5.74, 6) is -0.237. The Bertz CT molecular complexity index is 662. The van der Waals surface area contributed by atoms with Gasteiger partial charge in [0.2, 0.25) is 0 Å². The number of Topliss-reactive ketones (excluding diaryl/α,β-unsaturated/α-hetero) is 2. The van der Waals surface area contributed by atoms with Crippen molar-refractivity contribution in [3.8, 4) is 0 Å². The first-order valence-electron chi connectivity index (χ1n) is 13.2. The average molecular weight is 515 g/mol. The number of carbonyl (C=O) groups is 2. The van der Waals surface area contributed by atoms with Crippen molar-refractivity contribution < 1.29 is 28.5 Å². The first-order chi connectivity index (χ1) is 15.4. The molecule has 0 aromatic heterocycles. The van der Waals surface area contributed by atoms with Gasteiger partial charge >= 0.3 is 0 Å². The van der Waals surface area contributed by atoms with Gasteiger partial charge in [0.15, 0.2) is 11.6 Å². The van der Waals surface area contributed by atoms with Crippen LogP contribution < -0.4 is 0 Å². The van der Waals surface area contributed by atoms with Gasteiger partial charge in [-0.2, -0.15) is 0 Å². The van der Waals surface area contributed by atoms with E-state index in [-0.39, 0.29) is 11.6 Å². The summed E-state index contributed by atoms with van der Waals surface area (Å²) >= 11 is 0. The summed E-state index contributed by atoms with van der Waals surface area (Å²) in [5.41, 5.74) is -4.03. The first kappa shape index (κ1) is 35.2. The molecule has 0 saturated heterocycles. The highest BCUT2D eigenvalue weighted by Crippen LogP contribution is 2.35. The zero-order chi connectivity index (χ0) is 29.3. The zero-order valence-corrected chi connectivity index (χ0v) is 26.8. The lowest BCUT2D eigenvalue weighted by Crippen LogP contribution is -2.61. The summed E-state index contributed by atoms with van der Waals surface area (Å²) in [4.78, 5) is 27.9. The average Bonchev–Trinajstić information content (AvgIpc) is 2.54. The maximum atomic E-state index is 13.9. The number of hydrogen-bond donors (Lipinski definition) is 0. The van der Waals surface area contributed by atoms with Crippen LogP contribution in [0.15, 0.2) is 0 Å². The van der Waals surface area contributed by atoms with E-state index in [2.05, 4.69) is 0 Å². The van der Waals surface area contributed by atoms with Crippen molar-refractivity contribution in [2.75, 3.05) is 0 Å². The van der Waals surface area contributed by atoms with Crippen LogP contribution in [-0.4, -0.2) is 58.4 Å². The third-order valence-corrected chi connectivity index (χ3v) is 4.86. The summed E-state index contributed by atoms with van der Waals surface area (Å²) in [7, 11) is 0. The molecular weight excluding hydrogens is 456 g/mol. The summed E-state index contributed by atoms with van der Waals surface area (Å²) in [6.07, 6.45) is -3.80. The van der Waals surface area contributed by atoms with Gasteiger partial charge in [0.05, 0.1) is 22.4 Å². The van der Waals surface area contributed by atoms with Gasteiger partial charge in [0, 0.05) is 10.8 Å². The third kappa shape index (κ3) is 13.1. The molecule has 0 aliphatic rings. The Morgan fingerprint density at radius 2 is 0.583 bits per heavy atom. The Kier molecular flexibility index (Phi) is 11.2. The van der Waals surface area contributed by atoms with E-state index in [1.165, 1.54) is 0 Å². The predicted octanol–water partition coefficient (Wildman–Crippen LogP) is 6.95. The molecule has 36 heavy (non-hydrogen) atoms. The van der Waals surface area contributed by atoms with Crippen LogP contribution in [0.25, 0.3) is 0 Å². The highest BCUT2D eigenvalue weighted by molar-refractivity contribution is 5.90. The lowest BCUT2D eigenvalue weighted by atomic mass is 9.80. The lowest BCUT2D eigenvalue weighted by molar-refractivity contribution is -0.248. The van der Waals surface area contributed by atoms with Crippen LogP contribution in [-0.2, 0) is 28.5 Å². The second kappa shape index (κ2) is 11.5. The number of ketones is 2. The molecule has 0 aromatic rings. The maximum Gasteiger partial charge on any atom is 0.169 e. The molecule has 6 heteroatoms. The second-order valence-electron chi connectivity index (χ2n) is 15.9. The van der Waals surface area contributed by atoms with Gasteiger partial charge in [-0.25, -0.2) is 0 Å². The van der Waals surface area contributed by atoms with Gasteiger partial charge in [0.25, 0.3) is 0 Å². The van der Waals surface area contributed by atoms with Gasteiger partial charge in [-0.1, -0.05) is 41.5 Å². The highest BCUT2D eigenvalue weighted by Gasteiger charge is 2.51. The zero-order valence-electron chi connectivity index (χ0n) is 26.8. The smallest absolute Gasteiger partial charge is 0.169 e. The second-order valence-corrected chi connectivity index (χ2v) is 15.9. The topological polar surface area (TPSA) is 71.1 Å². The Hall–Kier alpha value is -0.820. The minimum atomic E-state index is -0.990. The standard InChI is InChI=1S/C30H58O6/c1-25(2,3)23(31)21(35-29(13,14)15)19(33-27(7,8)9)20(34-28(10,11)12)22(36-30(16,17)18)24(32)26(4,5)6/h19-22H,1-18H3. The van der Waals surface area contributed by atoms with E-state index in [4.69, 9.17) is 18.9 Å². The molecule has 0 amide bonds. The van der Waals surface area contributed by atoms with E-state index in [0.29, 0.717) is 0 Å². The molecular formula is C30H58O6. The van der Waals surface area contributed by atoms with Gasteiger partial charge < -0.3 is 18.9 Å². The fourth-order valence-electron chi connectivity index (χ4n) is 3.57. The van der Waals surface area contributed by atoms with Crippen LogP contribution >= 0.6 is 0 Å². The fraction of sp³-hybridized carbons (Fsp3) is 0.933. The van der Waals surface area contributed by atoms with Crippen molar-refractivity contribution >= 4 is 11.6 Å². The summed E-state index contributed by atoms with van der Waals surface area (Å²) in [5, 5.41) is 0. The van der Waals surface area contributed by atoms with Crippen molar-refractivity contribution in [1.82, 2.24) is 0 Å². The monoisotopic (exact) mass is 514 g/mol. The molecule has 4 unspecified atom stereocenters. The maximum absolute atomic E-state index is 13.9. The van der Waals surface area contributed by atoms with Crippen molar-refractivity contribution in [3.63, 3.8) is 0 Å². The normalized spacial score (nSPS) is 17.9. The minimum Gasteiger partial charge on any atom is -0.367 e. The highest BCUT2D eigenvalue weighted by atomic mass is 16.6. The first-order valence-corrected chi connectivity index (χ1v) is 13.2. The molecule has 0 N–H and O–H groups in total. The van der Waals surface area contributed by atoms with E-state index in [0.717, 1.165) is 0 Å². The molecule has 0 aromatic carbocycles. The molecule has 0 radical (unpaired) electrons. The molecule has 0 aliphatic heterocycles. The molecule has 0 aliphatic carbocycles. The molecule has 214 valence electrons. The van der Waals surface area contributed by atoms with E-state index in [9.17, 15) is 9.59 Å². The minimum absolute atomic E-state index is 0.119. The fourth-order valence-corrected chi connectivity index (χ4v) is 3.57. The predicted molar refractivity (Wildman–Crippen MR) is 147 cm³/mol. The molecule has 0 spiro atoms. The van der Waals surface area contributed by atoms with Crippen LogP contribution in [0.3, 0.4) is 0 Å². The van der Waals surface area contributed by atoms with Gasteiger partial charge in [-0.05, 0) is 83.1 Å². The van der Waals surface area contributed by atoms with Crippen molar-refractivity contribution in [2.45, 2.75) is 171 Å². The van der Waals surface area contributed by atoms with E-state index >= 15 is 0 Å². The van der Waals surface area contributed by atoms with Gasteiger partial charge in [0.1, 0.15) is 24.4 Å². The van der Waals surface area contributed by atoms with E-state index in [1.807, 2.05) is 125 Å². The number of rotatable bonds is 9. The van der Waals surface area contributed by atoms with Crippen molar-refractivity contribution in [1.29, 1.82) is 0 Å². The largest absolute Gasteiger partial charge is 0.367 e. The molecule has 0 rings (SSSR count). The molecule has 0 fully saturated rings. The number of ether oxygens (including phenoxy) is 4. The Morgan fingerprint density at radius 3 is 0.722 bits per heavy atom. The molecule has 0 heterocycles. The van der Waals surface area contributed by atoms with Crippen LogP contribution in [0.1, 0.15) is 125 Å². The quantitative estimate of drug-likeness (QED) is 0.331. The number of carbonyl (C=O) groups excluding carboxylic acids is 2. The Morgan fingerprint density at radius 1 is 0.389 bits per heavy atom. The van der Waals surface area contributed by atoms with Crippen molar-refractivity contribution in [2.24, 2.45) is 10.8 Å². The number of hydrogen-bond acceptors (Lipinski definition) is 6. The van der Waals surface area contributed by atoms with Crippen LogP contribution in [0.5, 0.6) is 0 Å². The van der Waals surface area contributed by atoms with Crippen LogP contribution in [0, 0.1) is 10.8 Å². The summed E-state index contributed by atoms with van der Waals surface area (Å²) in [6.45, 7) is 34.2. The molecule has 0 bridgehead atoms. The lowest BCUT2D eigenvalue weighted by Gasteiger charge is -2.46. The van der Waals surface area contributed by atoms with Gasteiger partial charge in [-0.3, -0.25) is 9.59 Å². The van der Waals surface area contributed by atoms with E-state index < -0.39 is 57.7 Å². The van der Waals surface area contributed by atoms with Crippen molar-refractivity contribution in [3.05, 3.63) is 0 Å². The van der Waals surface area contributed by atoms with Crippen LogP contribution in [0.4, 0.5) is 0 Å².